The molecule has 1 nitrogen and oxygen atoms in total. The molecule has 0 aromatic rings. The number of halogens is 1. The summed E-state index contributed by atoms with van der Waals surface area (Å²) in [5.41, 5.74) is 0. The maximum atomic E-state index is 3.34. The van der Waals surface area contributed by atoms with Crippen LogP contribution in [0.2, 0.25) is 0 Å². The molecule has 2 heteroatoms. The largest absolute Gasteiger partial charge is 0.314 e. The third-order valence-corrected chi connectivity index (χ3v) is 1.67. The van der Waals surface area contributed by atoms with Gasteiger partial charge in [-0.3, -0.25) is 0 Å². The molecule has 1 saturated heterocycles. The van der Waals surface area contributed by atoms with E-state index in [1.165, 1.54) is 13.0 Å². The van der Waals surface area contributed by atoms with Crippen molar-refractivity contribution in [3.05, 3.63) is 0 Å². The zero-order valence-electron chi connectivity index (χ0n) is 5.48. The lowest BCUT2D eigenvalue weighted by Crippen LogP contribution is -2.46. The molecule has 0 amide bonds. The van der Waals surface area contributed by atoms with Crippen LogP contribution in [0.5, 0.6) is 0 Å². The van der Waals surface area contributed by atoms with Gasteiger partial charge in [-0.25, -0.2) is 0 Å². The van der Waals surface area contributed by atoms with Gasteiger partial charge in [0.1, 0.15) is 0 Å². The molecule has 1 N–H and O–H groups in total. The molecule has 1 fully saturated rings. The topological polar surface area (TPSA) is 12.0 Å². The van der Waals surface area contributed by atoms with Gasteiger partial charge < -0.3 is 5.32 Å². The lowest BCUT2D eigenvalue weighted by atomic mass is 9.95. The van der Waals surface area contributed by atoms with Crippen molar-refractivity contribution in [1.82, 2.24) is 5.32 Å². The van der Waals surface area contributed by atoms with Gasteiger partial charge in [0.05, 0.1) is 0 Å². The van der Waals surface area contributed by atoms with Crippen molar-refractivity contribution in [1.29, 1.82) is 0 Å². The highest BCUT2D eigenvalue weighted by Crippen LogP contribution is 2.11. The number of rotatable bonds is 1. The minimum absolute atomic E-state index is 0. The fourth-order valence-electron chi connectivity index (χ4n) is 0.880. The Bertz CT molecular complexity index is 59.5. The maximum absolute atomic E-state index is 3.34. The lowest BCUT2D eigenvalue weighted by Gasteiger charge is -2.30. The normalized spacial score (nSPS) is 26.6. The Labute approximate surface area is 57.3 Å². The molecule has 1 heterocycles. The zero-order valence-corrected chi connectivity index (χ0v) is 6.29. The second kappa shape index (κ2) is 3.31. The van der Waals surface area contributed by atoms with Gasteiger partial charge in [0, 0.05) is 6.04 Å². The molecule has 0 radical (unpaired) electrons. The Morgan fingerprint density at radius 3 is 2.00 bits per heavy atom. The van der Waals surface area contributed by atoms with Gasteiger partial charge in [-0.1, -0.05) is 13.8 Å². The first-order chi connectivity index (χ1) is 3.30. The van der Waals surface area contributed by atoms with Crippen molar-refractivity contribution in [2.75, 3.05) is 6.54 Å². The van der Waals surface area contributed by atoms with E-state index in [1.807, 2.05) is 0 Å². The van der Waals surface area contributed by atoms with E-state index in [9.17, 15) is 0 Å². The van der Waals surface area contributed by atoms with Gasteiger partial charge in [0.2, 0.25) is 0 Å². The first kappa shape index (κ1) is 8.25. The Kier molecular flexibility index (Phi) is 3.41. The average molecular weight is 136 g/mol. The predicted molar refractivity (Wildman–Crippen MR) is 38.5 cm³/mol. The van der Waals surface area contributed by atoms with Crippen LogP contribution in [0.1, 0.15) is 20.3 Å². The highest BCUT2D eigenvalue weighted by Gasteiger charge is 2.18. The highest BCUT2D eigenvalue weighted by molar-refractivity contribution is 5.85. The van der Waals surface area contributed by atoms with Crippen molar-refractivity contribution in [2.45, 2.75) is 26.3 Å². The SMILES string of the molecule is CC(C)[C@@H]1CCN1.Cl. The van der Waals surface area contributed by atoms with Crippen LogP contribution in [0, 0.1) is 5.92 Å². The standard InChI is InChI=1S/C6H13N.ClH/c1-5(2)6-3-4-7-6;/h5-7H,3-4H2,1-2H3;1H/t6-;/m0./s1. The molecule has 8 heavy (non-hydrogen) atoms. The lowest BCUT2D eigenvalue weighted by molar-refractivity contribution is 0.291. The van der Waals surface area contributed by atoms with Gasteiger partial charge in [0.25, 0.3) is 0 Å². The average Bonchev–Trinajstić information content (AvgIpc) is 1.23. The van der Waals surface area contributed by atoms with Crippen LogP contribution < -0.4 is 5.32 Å². The van der Waals surface area contributed by atoms with Crippen LogP contribution in [0.4, 0.5) is 0 Å². The van der Waals surface area contributed by atoms with Crippen molar-refractivity contribution in [3.63, 3.8) is 0 Å². The van der Waals surface area contributed by atoms with Crippen LogP contribution in [0.3, 0.4) is 0 Å². The molecular formula is C6H14ClN. The van der Waals surface area contributed by atoms with Gasteiger partial charge in [0.15, 0.2) is 0 Å². The summed E-state index contributed by atoms with van der Waals surface area (Å²) in [6, 6.07) is 0.833. The monoisotopic (exact) mass is 135 g/mol. The van der Waals surface area contributed by atoms with Crippen LogP contribution in [-0.4, -0.2) is 12.6 Å². The molecule has 50 valence electrons. The summed E-state index contributed by atoms with van der Waals surface area (Å²) < 4.78 is 0. The van der Waals surface area contributed by atoms with Crippen LogP contribution >= 0.6 is 12.4 Å². The molecule has 0 bridgehead atoms. The number of hydrogen-bond acceptors (Lipinski definition) is 1. The van der Waals surface area contributed by atoms with E-state index in [-0.39, 0.29) is 12.4 Å². The van der Waals surface area contributed by atoms with Crippen LogP contribution in [-0.2, 0) is 0 Å². The van der Waals surface area contributed by atoms with Crippen LogP contribution in [0.25, 0.3) is 0 Å². The molecule has 1 rings (SSSR count). The predicted octanol–water partition coefficient (Wildman–Crippen LogP) is 1.43. The molecule has 0 aromatic carbocycles. The van der Waals surface area contributed by atoms with Gasteiger partial charge in [-0.2, -0.15) is 0 Å². The first-order valence-corrected chi connectivity index (χ1v) is 3.04. The van der Waals surface area contributed by atoms with Crippen molar-refractivity contribution < 1.29 is 0 Å². The van der Waals surface area contributed by atoms with E-state index in [2.05, 4.69) is 19.2 Å². The first-order valence-electron chi connectivity index (χ1n) is 3.04. The van der Waals surface area contributed by atoms with E-state index >= 15 is 0 Å². The smallest absolute Gasteiger partial charge is 0.0102 e. The molecule has 0 unspecified atom stereocenters. The summed E-state index contributed by atoms with van der Waals surface area (Å²) >= 11 is 0. The van der Waals surface area contributed by atoms with E-state index in [0.29, 0.717) is 0 Å². The maximum Gasteiger partial charge on any atom is 0.0102 e. The summed E-state index contributed by atoms with van der Waals surface area (Å²) in [7, 11) is 0. The minimum atomic E-state index is 0. The molecule has 1 aliphatic heterocycles. The quantitative estimate of drug-likeness (QED) is 0.574. The highest BCUT2D eigenvalue weighted by atomic mass is 35.5. The summed E-state index contributed by atoms with van der Waals surface area (Å²) in [6.07, 6.45) is 1.39. The second-order valence-corrected chi connectivity index (χ2v) is 2.59. The molecule has 1 atom stereocenters. The Balaban J connectivity index is 0.000000490. The molecular weight excluding hydrogens is 122 g/mol. The summed E-state index contributed by atoms with van der Waals surface area (Å²) in [5, 5.41) is 3.34. The van der Waals surface area contributed by atoms with Crippen LogP contribution in [0.15, 0.2) is 0 Å². The van der Waals surface area contributed by atoms with E-state index in [4.69, 9.17) is 0 Å². The Hall–Kier alpha value is 0.250. The third kappa shape index (κ3) is 1.64. The summed E-state index contributed by atoms with van der Waals surface area (Å²) in [5.74, 6) is 0.841. The third-order valence-electron chi connectivity index (χ3n) is 1.67. The second-order valence-electron chi connectivity index (χ2n) is 2.59. The summed E-state index contributed by atoms with van der Waals surface area (Å²) in [6.45, 7) is 5.76. The minimum Gasteiger partial charge on any atom is -0.314 e. The van der Waals surface area contributed by atoms with E-state index in [0.717, 1.165) is 12.0 Å². The number of nitrogens with one attached hydrogen (secondary N) is 1. The van der Waals surface area contributed by atoms with E-state index in [1.54, 1.807) is 0 Å². The van der Waals surface area contributed by atoms with Gasteiger partial charge in [-0.15, -0.1) is 12.4 Å². The van der Waals surface area contributed by atoms with Gasteiger partial charge >= 0.3 is 0 Å². The molecule has 1 aliphatic rings. The fraction of sp³-hybridized carbons (Fsp3) is 1.00. The molecule has 0 saturated carbocycles. The summed E-state index contributed by atoms with van der Waals surface area (Å²) in [4.78, 5) is 0. The van der Waals surface area contributed by atoms with Gasteiger partial charge in [-0.05, 0) is 18.9 Å². The van der Waals surface area contributed by atoms with Crippen molar-refractivity contribution >= 4 is 12.4 Å². The zero-order chi connectivity index (χ0) is 5.28. The number of hydrogen-bond donors (Lipinski definition) is 1. The molecule has 0 aliphatic carbocycles. The van der Waals surface area contributed by atoms with E-state index < -0.39 is 0 Å². The molecule has 0 aromatic heterocycles. The fourth-order valence-corrected chi connectivity index (χ4v) is 0.880. The van der Waals surface area contributed by atoms with Crippen molar-refractivity contribution in [3.8, 4) is 0 Å². The Morgan fingerprint density at radius 1 is 1.50 bits per heavy atom. The van der Waals surface area contributed by atoms with Crippen molar-refractivity contribution in [2.24, 2.45) is 5.92 Å². The molecule has 0 spiro atoms. The Morgan fingerprint density at radius 2 is 2.00 bits per heavy atom.